The number of phenolic OH excluding ortho intramolecular Hbond substituents is 1. The van der Waals surface area contributed by atoms with E-state index in [1.54, 1.807) is 22.5 Å². The molecule has 2 aromatic carbocycles. The van der Waals surface area contributed by atoms with Crippen molar-refractivity contribution >= 4 is 23.5 Å². The van der Waals surface area contributed by atoms with Gasteiger partial charge in [-0.25, -0.2) is 4.68 Å². The molecule has 1 aliphatic heterocycles. The maximum atomic E-state index is 12.7. The molecule has 150 valence electrons. The number of aryl methyl sites for hydroxylation is 1. The molecule has 2 N–H and O–H groups in total. The minimum absolute atomic E-state index is 0.0559. The van der Waals surface area contributed by atoms with Crippen molar-refractivity contribution in [3.05, 3.63) is 65.4 Å². The molecule has 2 atom stereocenters. The van der Waals surface area contributed by atoms with Crippen LogP contribution in [-0.2, 0) is 4.79 Å². The zero-order valence-corrected chi connectivity index (χ0v) is 17.4. The number of carbonyl (C=O) groups is 1. The van der Waals surface area contributed by atoms with Crippen molar-refractivity contribution in [3.8, 4) is 17.2 Å². The molecule has 4 rings (SSSR count). The first-order valence-corrected chi connectivity index (χ1v) is 10.5. The Labute approximate surface area is 173 Å². The SMILES string of the molecule is CCOc1cc(C2SC(C)C(=O)Nc3c2c(C)nn3-c2ccccc2)ccc1O. The van der Waals surface area contributed by atoms with Crippen LogP contribution in [0.25, 0.3) is 5.69 Å². The molecule has 0 bridgehead atoms. The number of carbonyl (C=O) groups excluding carboxylic acids is 1. The van der Waals surface area contributed by atoms with Crippen molar-refractivity contribution in [1.82, 2.24) is 9.78 Å². The summed E-state index contributed by atoms with van der Waals surface area (Å²) in [5.74, 6) is 1.18. The third-order valence-corrected chi connectivity index (χ3v) is 6.31. The lowest BCUT2D eigenvalue weighted by Crippen LogP contribution is -2.22. The molecule has 1 aliphatic rings. The standard InChI is InChI=1S/C22H23N3O3S/c1-4-28-18-12-15(10-11-17(18)26)20-19-13(2)24-25(16-8-6-5-7-9-16)21(19)23-22(27)14(3)29-20/h5-12,14,20,26H,4H2,1-3H3,(H,23,27). The molecule has 29 heavy (non-hydrogen) atoms. The van der Waals surface area contributed by atoms with Gasteiger partial charge < -0.3 is 15.2 Å². The van der Waals surface area contributed by atoms with E-state index in [1.807, 2.05) is 63.2 Å². The monoisotopic (exact) mass is 409 g/mol. The van der Waals surface area contributed by atoms with Gasteiger partial charge in [0.2, 0.25) is 5.91 Å². The fourth-order valence-electron chi connectivity index (χ4n) is 3.49. The summed E-state index contributed by atoms with van der Waals surface area (Å²) in [6.45, 7) is 6.20. The van der Waals surface area contributed by atoms with Crippen LogP contribution in [0.15, 0.2) is 48.5 Å². The first kappa shape index (κ1) is 19.4. The van der Waals surface area contributed by atoms with E-state index in [4.69, 9.17) is 9.84 Å². The van der Waals surface area contributed by atoms with Crippen LogP contribution in [0.5, 0.6) is 11.5 Å². The smallest absolute Gasteiger partial charge is 0.238 e. The number of para-hydroxylation sites is 1. The van der Waals surface area contributed by atoms with Gasteiger partial charge in [0.15, 0.2) is 11.5 Å². The molecule has 0 radical (unpaired) electrons. The molecule has 3 aromatic rings. The molecule has 2 unspecified atom stereocenters. The third kappa shape index (κ3) is 3.58. The number of aromatic nitrogens is 2. The van der Waals surface area contributed by atoms with Crippen LogP contribution in [0, 0.1) is 6.92 Å². The van der Waals surface area contributed by atoms with Crippen LogP contribution in [0.2, 0.25) is 0 Å². The van der Waals surface area contributed by atoms with E-state index in [2.05, 4.69) is 5.32 Å². The highest BCUT2D eigenvalue weighted by Gasteiger charge is 2.34. The van der Waals surface area contributed by atoms with Gasteiger partial charge in [-0.2, -0.15) is 5.10 Å². The van der Waals surface area contributed by atoms with Crippen LogP contribution < -0.4 is 10.1 Å². The fraction of sp³-hybridized carbons (Fsp3) is 0.273. The van der Waals surface area contributed by atoms with E-state index in [0.717, 1.165) is 22.5 Å². The lowest BCUT2D eigenvalue weighted by Gasteiger charge is -2.19. The van der Waals surface area contributed by atoms with Crippen molar-refractivity contribution in [2.24, 2.45) is 0 Å². The second-order valence-electron chi connectivity index (χ2n) is 6.90. The van der Waals surface area contributed by atoms with E-state index in [1.165, 1.54) is 0 Å². The molecule has 7 heteroatoms. The van der Waals surface area contributed by atoms with Gasteiger partial charge in [0.1, 0.15) is 5.82 Å². The summed E-state index contributed by atoms with van der Waals surface area (Å²) in [4.78, 5) is 12.7. The number of fused-ring (bicyclic) bond motifs is 1. The number of amides is 1. The quantitative estimate of drug-likeness (QED) is 0.666. The van der Waals surface area contributed by atoms with Crippen LogP contribution in [0.3, 0.4) is 0 Å². The highest BCUT2D eigenvalue weighted by atomic mass is 32.2. The van der Waals surface area contributed by atoms with Gasteiger partial charge in [-0.05, 0) is 50.6 Å². The fourth-order valence-corrected chi connectivity index (χ4v) is 4.80. The van der Waals surface area contributed by atoms with E-state index >= 15 is 0 Å². The van der Waals surface area contributed by atoms with E-state index < -0.39 is 0 Å². The van der Waals surface area contributed by atoms with Crippen LogP contribution in [0.1, 0.15) is 35.9 Å². The Kier molecular flexibility index (Phi) is 5.24. The molecule has 0 spiro atoms. The average Bonchev–Trinajstić information content (AvgIpc) is 2.97. The van der Waals surface area contributed by atoms with Gasteiger partial charge >= 0.3 is 0 Å². The minimum atomic E-state index is -0.250. The predicted molar refractivity (Wildman–Crippen MR) is 115 cm³/mol. The number of benzene rings is 2. The summed E-state index contributed by atoms with van der Waals surface area (Å²) in [5.41, 5.74) is 3.65. The predicted octanol–water partition coefficient (Wildman–Crippen LogP) is 4.45. The molecule has 1 amide bonds. The van der Waals surface area contributed by atoms with E-state index in [-0.39, 0.29) is 22.2 Å². The number of anilines is 1. The molecular weight excluding hydrogens is 386 g/mol. The molecule has 0 saturated heterocycles. The number of aromatic hydroxyl groups is 1. The normalized spacial score (nSPS) is 18.7. The number of nitrogens with one attached hydrogen (secondary N) is 1. The second-order valence-corrected chi connectivity index (χ2v) is 8.35. The summed E-state index contributed by atoms with van der Waals surface area (Å²) in [5, 5.41) is 17.5. The van der Waals surface area contributed by atoms with Crippen LogP contribution in [-0.4, -0.2) is 32.7 Å². The lowest BCUT2D eigenvalue weighted by molar-refractivity contribution is -0.115. The number of hydrogen-bond donors (Lipinski definition) is 2. The summed E-state index contributed by atoms with van der Waals surface area (Å²) in [6.07, 6.45) is 0. The van der Waals surface area contributed by atoms with Crippen molar-refractivity contribution in [2.45, 2.75) is 31.3 Å². The molecule has 6 nitrogen and oxygen atoms in total. The second kappa shape index (κ2) is 7.83. The highest BCUT2D eigenvalue weighted by molar-refractivity contribution is 8.01. The Morgan fingerprint density at radius 1 is 1.24 bits per heavy atom. The van der Waals surface area contributed by atoms with Gasteiger partial charge in [-0.3, -0.25) is 4.79 Å². The Hall–Kier alpha value is -2.93. The number of hydrogen-bond acceptors (Lipinski definition) is 5. The molecular formula is C22H23N3O3S. The van der Waals surface area contributed by atoms with E-state index in [9.17, 15) is 9.90 Å². The molecule has 0 aliphatic carbocycles. The van der Waals surface area contributed by atoms with Gasteiger partial charge in [-0.15, -0.1) is 11.8 Å². The number of nitrogens with zero attached hydrogens (tertiary/aromatic N) is 2. The van der Waals surface area contributed by atoms with Crippen molar-refractivity contribution < 1.29 is 14.6 Å². The van der Waals surface area contributed by atoms with E-state index in [0.29, 0.717) is 18.2 Å². The Bertz CT molecular complexity index is 1050. The Morgan fingerprint density at radius 2 is 2.00 bits per heavy atom. The third-order valence-electron chi connectivity index (χ3n) is 4.91. The van der Waals surface area contributed by atoms with Crippen molar-refractivity contribution in [2.75, 3.05) is 11.9 Å². The van der Waals surface area contributed by atoms with Gasteiger partial charge in [0, 0.05) is 5.56 Å². The molecule has 0 fully saturated rings. The van der Waals surface area contributed by atoms with Crippen LogP contribution >= 0.6 is 11.8 Å². The minimum Gasteiger partial charge on any atom is -0.504 e. The highest BCUT2D eigenvalue weighted by Crippen LogP contribution is 2.47. The molecule has 1 aromatic heterocycles. The maximum absolute atomic E-state index is 12.7. The number of ether oxygens (including phenoxy) is 1. The van der Waals surface area contributed by atoms with Crippen LogP contribution in [0.4, 0.5) is 5.82 Å². The summed E-state index contributed by atoms with van der Waals surface area (Å²) >= 11 is 1.56. The Balaban J connectivity index is 1.88. The zero-order valence-electron chi connectivity index (χ0n) is 16.5. The average molecular weight is 410 g/mol. The topological polar surface area (TPSA) is 76.4 Å². The maximum Gasteiger partial charge on any atom is 0.238 e. The summed E-state index contributed by atoms with van der Waals surface area (Å²) in [6, 6.07) is 15.1. The van der Waals surface area contributed by atoms with Gasteiger partial charge in [0.25, 0.3) is 0 Å². The van der Waals surface area contributed by atoms with Gasteiger partial charge in [-0.1, -0.05) is 24.3 Å². The molecule has 0 saturated carbocycles. The first-order valence-electron chi connectivity index (χ1n) is 9.56. The number of thioether (sulfide) groups is 1. The number of rotatable bonds is 4. The van der Waals surface area contributed by atoms with Crippen molar-refractivity contribution in [1.29, 1.82) is 0 Å². The number of phenols is 1. The Morgan fingerprint density at radius 3 is 2.72 bits per heavy atom. The largest absolute Gasteiger partial charge is 0.504 e. The lowest BCUT2D eigenvalue weighted by atomic mass is 10.0. The zero-order chi connectivity index (χ0) is 20.5. The summed E-state index contributed by atoms with van der Waals surface area (Å²) in [7, 11) is 0. The van der Waals surface area contributed by atoms with Crippen molar-refractivity contribution in [3.63, 3.8) is 0 Å². The molecule has 2 heterocycles. The summed E-state index contributed by atoms with van der Waals surface area (Å²) < 4.78 is 7.37. The van der Waals surface area contributed by atoms with Gasteiger partial charge in [0.05, 0.1) is 28.5 Å². The first-order chi connectivity index (χ1) is 14.0.